The number of methoxy groups -OCH3 is 1. The van der Waals surface area contributed by atoms with Crippen LogP contribution in [-0.4, -0.2) is 49.1 Å². The number of hydrogen-bond donors (Lipinski definition) is 2. The van der Waals surface area contributed by atoms with Crippen molar-refractivity contribution in [2.75, 3.05) is 20.2 Å². The Morgan fingerprint density at radius 3 is 2.44 bits per heavy atom. The maximum atomic E-state index is 12.9. The van der Waals surface area contributed by atoms with Gasteiger partial charge in [-0.05, 0) is 37.2 Å². The van der Waals surface area contributed by atoms with Crippen LogP contribution in [-0.2, 0) is 10.2 Å². The highest BCUT2D eigenvalue weighted by Gasteiger charge is 2.38. The molecule has 0 aromatic carbocycles. The molecule has 1 saturated heterocycles. The second-order valence-electron chi connectivity index (χ2n) is 6.93. The van der Waals surface area contributed by atoms with Gasteiger partial charge in [-0.1, -0.05) is 18.9 Å². The van der Waals surface area contributed by atoms with E-state index in [0.29, 0.717) is 31.8 Å². The van der Waals surface area contributed by atoms with Gasteiger partial charge in [-0.3, -0.25) is 0 Å². The van der Waals surface area contributed by atoms with Crippen LogP contribution in [0, 0.1) is 5.92 Å². The minimum absolute atomic E-state index is 0.0759. The highest BCUT2D eigenvalue weighted by molar-refractivity contribution is 7.87. The Labute approximate surface area is 149 Å². The second kappa shape index (κ2) is 7.99. The van der Waals surface area contributed by atoms with Crippen LogP contribution in [0.1, 0.15) is 50.1 Å². The summed E-state index contributed by atoms with van der Waals surface area (Å²) in [6, 6.07) is 3.19. The van der Waals surface area contributed by atoms with Gasteiger partial charge >= 0.3 is 0 Å². The lowest BCUT2D eigenvalue weighted by atomic mass is 9.76. The largest absolute Gasteiger partial charge is 0.481 e. The molecule has 0 spiro atoms. The van der Waals surface area contributed by atoms with E-state index >= 15 is 0 Å². The third-order valence-electron chi connectivity index (χ3n) is 5.13. The summed E-state index contributed by atoms with van der Waals surface area (Å²) in [5.41, 5.74) is 0.802. The van der Waals surface area contributed by atoms with Crippen molar-refractivity contribution in [1.29, 1.82) is 0 Å². The fraction of sp³-hybridized carbons (Fsp3) is 0.706. The van der Waals surface area contributed by atoms with Crippen LogP contribution in [0.2, 0.25) is 0 Å². The minimum Gasteiger partial charge on any atom is -0.481 e. The summed E-state index contributed by atoms with van der Waals surface area (Å²) in [6.07, 6.45) is 6.45. The Kier molecular flexibility index (Phi) is 5.93. The van der Waals surface area contributed by atoms with Gasteiger partial charge in [0.25, 0.3) is 10.2 Å². The molecule has 7 nitrogen and oxygen atoms in total. The van der Waals surface area contributed by atoms with Gasteiger partial charge in [0.15, 0.2) is 0 Å². The van der Waals surface area contributed by atoms with Crippen LogP contribution in [0.5, 0.6) is 5.88 Å². The Balaban J connectivity index is 1.78. The monoisotopic (exact) mass is 369 g/mol. The molecule has 0 unspecified atom stereocenters. The first kappa shape index (κ1) is 18.6. The summed E-state index contributed by atoms with van der Waals surface area (Å²) in [7, 11) is -2.02. The van der Waals surface area contributed by atoms with Crippen molar-refractivity contribution in [3.05, 3.63) is 23.9 Å². The van der Waals surface area contributed by atoms with E-state index in [1.165, 1.54) is 0 Å². The number of nitrogens with one attached hydrogen (secondary N) is 1. The lowest BCUT2D eigenvalue weighted by molar-refractivity contribution is 0.0276. The number of pyridine rings is 1. The number of rotatable bonds is 6. The Morgan fingerprint density at radius 1 is 1.24 bits per heavy atom. The first-order chi connectivity index (χ1) is 12.0. The summed E-state index contributed by atoms with van der Waals surface area (Å²) < 4.78 is 35.3. The van der Waals surface area contributed by atoms with E-state index in [4.69, 9.17) is 4.74 Å². The lowest BCUT2D eigenvalue weighted by Gasteiger charge is -2.38. The maximum Gasteiger partial charge on any atom is 0.280 e. The molecule has 1 atom stereocenters. The van der Waals surface area contributed by atoms with Crippen molar-refractivity contribution >= 4 is 10.2 Å². The molecule has 140 valence electrons. The highest BCUT2D eigenvalue weighted by atomic mass is 32.2. The van der Waals surface area contributed by atoms with Crippen LogP contribution >= 0.6 is 0 Å². The molecule has 0 amide bonds. The molecule has 25 heavy (non-hydrogen) atoms. The number of hydrogen-bond acceptors (Lipinski definition) is 5. The molecule has 2 aliphatic rings. The number of aliphatic hydroxyl groups is 1. The van der Waals surface area contributed by atoms with Gasteiger partial charge in [0.05, 0.1) is 19.3 Å². The first-order valence-corrected chi connectivity index (χ1v) is 10.4. The third-order valence-corrected chi connectivity index (χ3v) is 6.73. The Bertz CT molecular complexity index is 651. The molecule has 3 rings (SSSR count). The normalized spacial score (nSPS) is 26.5. The molecule has 2 fully saturated rings. The number of ether oxygens (including phenoxy) is 1. The van der Waals surface area contributed by atoms with Crippen molar-refractivity contribution in [1.82, 2.24) is 14.0 Å². The summed E-state index contributed by atoms with van der Waals surface area (Å²) >= 11 is 0. The molecule has 2 heterocycles. The van der Waals surface area contributed by atoms with Crippen molar-refractivity contribution in [2.24, 2.45) is 5.92 Å². The zero-order valence-electron chi connectivity index (χ0n) is 14.6. The summed E-state index contributed by atoms with van der Waals surface area (Å²) in [4.78, 5) is 4.20. The average molecular weight is 369 g/mol. The number of aromatic nitrogens is 1. The standard InChI is InChI=1S/C17H27N3O4S/c1-24-16-7-6-13(12-18-16)17(14-10-15(21)11-14)19-25(22,23)20-8-4-2-3-5-9-20/h6-7,12,14-15,17,19,21H,2-5,8-11H2,1H3/t14?,15?,17-/m0/s1. The van der Waals surface area contributed by atoms with E-state index in [-0.39, 0.29) is 18.1 Å². The van der Waals surface area contributed by atoms with E-state index in [0.717, 1.165) is 31.2 Å². The quantitative estimate of drug-likeness (QED) is 0.795. The Hall–Kier alpha value is -1.22. The zero-order valence-corrected chi connectivity index (χ0v) is 15.4. The smallest absolute Gasteiger partial charge is 0.280 e. The predicted molar refractivity (Wildman–Crippen MR) is 94.4 cm³/mol. The van der Waals surface area contributed by atoms with Gasteiger partial charge in [-0.25, -0.2) is 4.98 Å². The molecule has 1 aromatic heterocycles. The van der Waals surface area contributed by atoms with Crippen LogP contribution in [0.25, 0.3) is 0 Å². The minimum atomic E-state index is -3.57. The molecule has 8 heteroatoms. The second-order valence-corrected chi connectivity index (χ2v) is 8.64. The fourth-order valence-corrected chi connectivity index (χ4v) is 5.09. The van der Waals surface area contributed by atoms with E-state index in [9.17, 15) is 13.5 Å². The molecule has 1 aliphatic heterocycles. The highest BCUT2D eigenvalue weighted by Crippen LogP contribution is 2.38. The zero-order chi connectivity index (χ0) is 17.9. The van der Waals surface area contributed by atoms with Crippen LogP contribution in [0.3, 0.4) is 0 Å². The van der Waals surface area contributed by atoms with E-state index in [1.807, 2.05) is 6.07 Å². The summed E-state index contributed by atoms with van der Waals surface area (Å²) in [5, 5.41) is 9.66. The van der Waals surface area contributed by atoms with Crippen LogP contribution in [0.4, 0.5) is 0 Å². The van der Waals surface area contributed by atoms with Gasteiger partial charge < -0.3 is 9.84 Å². The topological polar surface area (TPSA) is 91.8 Å². The summed E-state index contributed by atoms with van der Waals surface area (Å²) in [6.45, 7) is 1.13. The molecular weight excluding hydrogens is 342 g/mol. The van der Waals surface area contributed by atoms with Gasteiger partial charge in [-0.15, -0.1) is 0 Å². The third kappa shape index (κ3) is 4.49. The molecular formula is C17H27N3O4S. The van der Waals surface area contributed by atoms with Gasteiger partial charge in [0.1, 0.15) is 0 Å². The van der Waals surface area contributed by atoms with Crippen LogP contribution in [0.15, 0.2) is 18.3 Å². The maximum absolute atomic E-state index is 12.9. The number of aliphatic hydroxyl groups excluding tert-OH is 1. The van der Waals surface area contributed by atoms with E-state index in [1.54, 1.807) is 23.7 Å². The van der Waals surface area contributed by atoms with Crippen molar-refractivity contribution < 1.29 is 18.3 Å². The van der Waals surface area contributed by atoms with E-state index in [2.05, 4.69) is 9.71 Å². The van der Waals surface area contributed by atoms with Gasteiger partial charge in [0, 0.05) is 25.4 Å². The summed E-state index contributed by atoms with van der Waals surface area (Å²) in [5.74, 6) is 0.568. The SMILES string of the molecule is COc1ccc([C@H](NS(=O)(=O)N2CCCCCC2)C2CC(O)C2)cn1. The van der Waals surface area contributed by atoms with Gasteiger partial charge in [0.2, 0.25) is 5.88 Å². The molecule has 0 bridgehead atoms. The molecule has 1 saturated carbocycles. The van der Waals surface area contributed by atoms with Crippen molar-refractivity contribution in [3.63, 3.8) is 0 Å². The first-order valence-electron chi connectivity index (χ1n) is 8.95. The van der Waals surface area contributed by atoms with Crippen molar-refractivity contribution in [2.45, 2.75) is 50.7 Å². The molecule has 1 aliphatic carbocycles. The Morgan fingerprint density at radius 2 is 1.92 bits per heavy atom. The fourth-order valence-electron chi connectivity index (χ4n) is 3.55. The molecule has 2 N–H and O–H groups in total. The average Bonchev–Trinajstić information content (AvgIpc) is 2.87. The number of nitrogens with zero attached hydrogens (tertiary/aromatic N) is 2. The molecule has 1 aromatic rings. The molecule has 0 radical (unpaired) electrons. The van der Waals surface area contributed by atoms with Crippen molar-refractivity contribution in [3.8, 4) is 5.88 Å². The predicted octanol–water partition coefficient (Wildman–Crippen LogP) is 1.61. The van der Waals surface area contributed by atoms with Gasteiger partial charge in [-0.2, -0.15) is 17.4 Å². The van der Waals surface area contributed by atoms with E-state index < -0.39 is 10.2 Å². The lowest BCUT2D eigenvalue weighted by Crippen LogP contribution is -2.47. The van der Waals surface area contributed by atoms with Crippen LogP contribution < -0.4 is 9.46 Å².